The van der Waals surface area contributed by atoms with Crippen molar-refractivity contribution in [3.8, 4) is 0 Å². The highest BCUT2D eigenvalue weighted by molar-refractivity contribution is 5.84. The number of allylic oxidation sites excluding steroid dienone is 1. The fraction of sp³-hybridized carbons (Fsp3) is 0.700. The second-order valence-corrected chi connectivity index (χ2v) is 8.14. The molecule has 1 aliphatic carbocycles. The molecule has 3 aliphatic rings. The van der Waals surface area contributed by atoms with Crippen molar-refractivity contribution in [3.63, 3.8) is 0 Å². The van der Waals surface area contributed by atoms with Crippen LogP contribution in [-0.2, 0) is 17.9 Å². The first-order valence-corrected chi connectivity index (χ1v) is 9.86. The second kappa shape index (κ2) is 6.94. The summed E-state index contributed by atoms with van der Waals surface area (Å²) in [5, 5.41) is 4.37. The minimum Gasteiger partial charge on any atom is -0.339 e. The molecule has 3 fully saturated rings. The largest absolute Gasteiger partial charge is 0.339 e. The maximum Gasteiger partial charge on any atom is 0.230 e. The van der Waals surface area contributed by atoms with Crippen LogP contribution < -0.4 is 0 Å². The molecule has 1 amide bonds. The molecule has 1 spiro atoms. The third kappa shape index (κ3) is 3.26. The van der Waals surface area contributed by atoms with E-state index in [2.05, 4.69) is 27.7 Å². The molecule has 5 heteroatoms. The third-order valence-electron chi connectivity index (χ3n) is 6.38. The van der Waals surface area contributed by atoms with Gasteiger partial charge in [0.2, 0.25) is 5.91 Å². The Morgan fingerprint density at radius 2 is 2.08 bits per heavy atom. The summed E-state index contributed by atoms with van der Waals surface area (Å²) in [6.07, 6.45) is 14.2. The lowest BCUT2D eigenvalue weighted by molar-refractivity contribution is -0.148. The van der Waals surface area contributed by atoms with Crippen LogP contribution in [0.4, 0.5) is 0 Å². The van der Waals surface area contributed by atoms with E-state index in [1.807, 2.05) is 17.0 Å². The van der Waals surface area contributed by atoms with Crippen LogP contribution in [0.1, 0.15) is 50.5 Å². The second-order valence-electron chi connectivity index (χ2n) is 8.14. The molecule has 25 heavy (non-hydrogen) atoms. The van der Waals surface area contributed by atoms with Crippen LogP contribution in [-0.4, -0.2) is 51.2 Å². The van der Waals surface area contributed by atoms with Crippen LogP contribution in [0.15, 0.2) is 25.0 Å². The van der Waals surface area contributed by atoms with Gasteiger partial charge in [-0.15, -0.1) is 6.58 Å². The number of carbonyl (C=O) groups is 1. The predicted molar refractivity (Wildman–Crippen MR) is 98.0 cm³/mol. The fourth-order valence-electron chi connectivity index (χ4n) is 5.12. The van der Waals surface area contributed by atoms with Gasteiger partial charge in [-0.25, -0.2) is 0 Å². The molecule has 0 unspecified atom stereocenters. The summed E-state index contributed by atoms with van der Waals surface area (Å²) in [7, 11) is 0. The molecular formula is C20H30N4O. The van der Waals surface area contributed by atoms with Gasteiger partial charge in [0.1, 0.15) is 0 Å². The molecule has 5 nitrogen and oxygen atoms in total. The number of nitrogens with zero attached hydrogens (tertiary/aromatic N) is 4. The van der Waals surface area contributed by atoms with Gasteiger partial charge in [-0.05, 0) is 38.6 Å². The number of amides is 1. The molecule has 0 N–H and O–H groups in total. The zero-order valence-corrected chi connectivity index (χ0v) is 15.2. The van der Waals surface area contributed by atoms with Gasteiger partial charge < -0.3 is 4.90 Å². The van der Waals surface area contributed by atoms with Crippen LogP contribution in [0.5, 0.6) is 0 Å². The van der Waals surface area contributed by atoms with Crippen molar-refractivity contribution in [2.24, 2.45) is 5.41 Å². The van der Waals surface area contributed by atoms with E-state index in [4.69, 9.17) is 0 Å². The smallest absolute Gasteiger partial charge is 0.230 e. The molecular weight excluding hydrogens is 312 g/mol. The Labute approximate surface area is 150 Å². The number of hydrogen-bond acceptors (Lipinski definition) is 3. The highest BCUT2D eigenvalue weighted by atomic mass is 16.2. The lowest BCUT2D eigenvalue weighted by Gasteiger charge is -2.42. The predicted octanol–water partition coefficient (Wildman–Crippen LogP) is 2.83. The summed E-state index contributed by atoms with van der Waals surface area (Å²) in [6.45, 7) is 8.34. The molecule has 136 valence electrons. The van der Waals surface area contributed by atoms with Gasteiger partial charge in [0.25, 0.3) is 0 Å². The third-order valence-corrected chi connectivity index (χ3v) is 6.38. The summed E-state index contributed by atoms with van der Waals surface area (Å²) in [5.74, 6) is 0.454. The molecule has 3 heterocycles. The van der Waals surface area contributed by atoms with Crippen LogP contribution in [0, 0.1) is 5.41 Å². The minimum atomic E-state index is -0.113. The normalized spacial score (nSPS) is 28.3. The number of aromatic nitrogens is 2. The van der Waals surface area contributed by atoms with Gasteiger partial charge >= 0.3 is 0 Å². The first-order chi connectivity index (χ1) is 12.2. The first kappa shape index (κ1) is 16.8. The average Bonchev–Trinajstić information content (AvgIpc) is 3.34. The van der Waals surface area contributed by atoms with Crippen LogP contribution in [0.2, 0.25) is 0 Å². The van der Waals surface area contributed by atoms with E-state index in [0.29, 0.717) is 11.9 Å². The van der Waals surface area contributed by atoms with E-state index in [-0.39, 0.29) is 5.41 Å². The molecule has 1 saturated carbocycles. The summed E-state index contributed by atoms with van der Waals surface area (Å²) < 4.78 is 1.92. The lowest BCUT2D eigenvalue weighted by atomic mass is 9.77. The van der Waals surface area contributed by atoms with Crippen LogP contribution in [0.25, 0.3) is 0 Å². The van der Waals surface area contributed by atoms with Crippen molar-refractivity contribution in [1.29, 1.82) is 0 Å². The van der Waals surface area contributed by atoms with Crippen molar-refractivity contribution >= 4 is 5.91 Å². The quantitative estimate of drug-likeness (QED) is 0.773. The summed E-state index contributed by atoms with van der Waals surface area (Å²) in [5.41, 5.74) is 1.12. The van der Waals surface area contributed by atoms with Crippen molar-refractivity contribution in [1.82, 2.24) is 19.6 Å². The molecule has 4 rings (SSSR count). The molecule has 2 saturated heterocycles. The van der Waals surface area contributed by atoms with Crippen molar-refractivity contribution < 1.29 is 4.79 Å². The first-order valence-electron chi connectivity index (χ1n) is 9.86. The van der Waals surface area contributed by atoms with E-state index in [1.54, 1.807) is 0 Å². The van der Waals surface area contributed by atoms with Gasteiger partial charge in [0, 0.05) is 37.4 Å². The van der Waals surface area contributed by atoms with Crippen molar-refractivity contribution in [3.05, 3.63) is 30.6 Å². The molecule has 0 aromatic carbocycles. The number of likely N-dealkylation sites (tertiary alicyclic amines) is 2. The topological polar surface area (TPSA) is 41.4 Å². The van der Waals surface area contributed by atoms with E-state index < -0.39 is 0 Å². The maximum atomic E-state index is 13.3. The monoisotopic (exact) mass is 342 g/mol. The Morgan fingerprint density at radius 1 is 1.24 bits per heavy atom. The molecule has 1 aromatic rings. The van der Waals surface area contributed by atoms with Crippen LogP contribution >= 0.6 is 0 Å². The van der Waals surface area contributed by atoms with Gasteiger partial charge in [-0.3, -0.25) is 14.4 Å². The number of piperidine rings is 1. The Hall–Kier alpha value is -1.62. The average molecular weight is 342 g/mol. The van der Waals surface area contributed by atoms with Crippen molar-refractivity contribution in [2.45, 2.75) is 64.1 Å². The van der Waals surface area contributed by atoms with Crippen molar-refractivity contribution in [2.75, 3.05) is 19.6 Å². The minimum absolute atomic E-state index is 0.113. The molecule has 0 bridgehead atoms. The Bertz CT molecular complexity index is 633. The van der Waals surface area contributed by atoms with E-state index in [9.17, 15) is 4.79 Å². The lowest BCUT2D eigenvalue weighted by Crippen LogP contribution is -2.53. The maximum absolute atomic E-state index is 13.3. The zero-order chi connectivity index (χ0) is 17.3. The van der Waals surface area contributed by atoms with E-state index in [1.165, 1.54) is 37.7 Å². The van der Waals surface area contributed by atoms with E-state index in [0.717, 1.165) is 45.6 Å². The molecule has 1 atom stereocenters. The number of rotatable bonds is 5. The highest BCUT2D eigenvalue weighted by Gasteiger charge is 2.49. The number of hydrogen-bond donors (Lipinski definition) is 0. The fourth-order valence-corrected chi connectivity index (χ4v) is 5.12. The number of carbonyl (C=O) groups excluding carboxylic acids is 1. The van der Waals surface area contributed by atoms with Gasteiger partial charge in [0.05, 0.1) is 18.2 Å². The van der Waals surface area contributed by atoms with Gasteiger partial charge in [0.15, 0.2) is 0 Å². The molecule has 2 aliphatic heterocycles. The Morgan fingerprint density at radius 3 is 2.88 bits per heavy atom. The standard InChI is InChI=1S/C20H30N4O/c1-2-10-23-15-17(13-21-23)14-22-12-9-20(16-22)8-5-11-24(19(20)25)18-6-3-4-7-18/h2,13,15,18H,1,3-12,14,16H2/t20-/m1/s1. The van der Waals surface area contributed by atoms with Gasteiger partial charge in [-0.1, -0.05) is 18.9 Å². The summed E-state index contributed by atoms with van der Waals surface area (Å²) in [4.78, 5) is 18.0. The SMILES string of the molecule is C=CCn1cc(CN2CC[C@]3(CCCN(C4CCCC4)C3=O)C2)cn1. The summed E-state index contributed by atoms with van der Waals surface area (Å²) in [6, 6.07) is 0.524. The zero-order valence-electron chi connectivity index (χ0n) is 15.2. The van der Waals surface area contributed by atoms with Crippen LogP contribution in [0.3, 0.4) is 0 Å². The molecule has 0 radical (unpaired) electrons. The van der Waals surface area contributed by atoms with E-state index >= 15 is 0 Å². The Kier molecular flexibility index (Phi) is 4.67. The highest BCUT2D eigenvalue weighted by Crippen LogP contribution is 2.42. The Balaban J connectivity index is 1.41. The van der Waals surface area contributed by atoms with Gasteiger partial charge in [-0.2, -0.15) is 5.10 Å². The molecule has 1 aromatic heterocycles. The summed E-state index contributed by atoms with van der Waals surface area (Å²) >= 11 is 0.